The number of unbranched alkanes of at least 4 members (excludes halogenated alkanes) is 7. The Bertz CT molecular complexity index is 515. The molecule has 0 aliphatic rings. The van der Waals surface area contributed by atoms with E-state index in [0.29, 0.717) is 17.7 Å². The van der Waals surface area contributed by atoms with E-state index < -0.39 is 4.92 Å². The van der Waals surface area contributed by atoms with Gasteiger partial charge in [0.1, 0.15) is 0 Å². The Morgan fingerprint density at radius 3 is 2.30 bits per heavy atom. The Morgan fingerprint density at radius 1 is 1.09 bits per heavy atom. The zero-order chi connectivity index (χ0) is 17.1. The van der Waals surface area contributed by atoms with Gasteiger partial charge in [-0.25, -0.2) is 0 Å². The van der Waals surface area contributed by atoms with Gasteiger partial charge in [-0.2, -0.15) is 0 Å². The van der Waals surface area contributed by atoms with Crippen molar-refractivity contribution in [3.63, 3.8) is 0 Å². The average Bonchev–Trinajstić information content (AvgIpc) is 2.51. The van der Waals surface area contributed by atoms with Gasteiger partial charge < -0.3 is 5.32 Å². The molecule has 0 heterocycles. The first kappa shape index (κ1) is 19.1. The summed E-state index contributed by atoms with van der Waals surface area (Å²) in [6, 6.07) is 4.78. The molecule has 0 aromatic heterocycles. The smallest absolute Gasteiger partial charge is 0.274 e. The van der Waals surface area contributed by atoms with E-state index in [1.54, 1.807) is 19.1 Å². The first-order valence-electron chi connectivity index (χ1n) is 8.59. The summed E-state index contributed by atoms with van der Waals surface area (Å²) in [6.07, 6.45) is 9.98. The van der Waals surface area contributed by atoms with Crippen LogP contribution in [0.1, 0.15) is 70.3 Å². The van der Waals surface area contributed by atoms with Gasteiger partial charge in [-0.05, 0) is 19.4 Å². The van der Waals surface area contributed by atoms with Crippen molar-refractivity contribution in [3.8, 4) is 0 Å². The maximum absolute atomic E-state index is 11.9. The maximum atomic E-state index is 11.9. The average molecular weight is 320 g/mol. The Hall–Kier alpha value is -1.91. The van der Waals surface area contributed by atoms with Gasteiger partial charge in [-0.1, -0.05) is 57.9 Å². The molecule has 0 bridgehead atoms. The number of amides is 1. The van der Waals surface area contributed by atoms with Crippen molar-refractivity contribution in [1.82, 2.24) is 0 Å². The summed E-state index contributed by atoms with van der Waals surface area (Å²) in [7, 11) is 0. The fourth-order valence-electron chi connectivity index (χ4n) is 2.53. The predicted octanol–water partition coefficient (Wildman–Crippen LogP) is 5.37. The molecule has 0 fully saturated rings. The number of nitrogens with zero attached hydrogens (tertiary/aromatic N) is 1. The molecular formula is C18H28N2O3. The highest BCUT2D eigenvalue weighted by molar-refractivity contribution is 5.91. The SMILES string of the molecule is CCCCCCCCCCC(=O)Nc1ccc(C)c([N+](=O)[O-])c1. The van der Waals surface area contributed by atoms with E-state index in [0.717, 1.165) is 12.8 Å². The second-order valence-corrected chi connectivity index (χ2v) is 6.03. The zero-order valence-corrected chi connectivity index (χ0v) is 14.3. The van der Waals surface area contributed by atoms with Gasteiger partial charge in [0.2, 0.25) is 5.91 Å². The first-order chi connectivity index (χ1) is 11.0. The molecular weight excluding hydrogens is 292 g/mol. The topological polar surface area (TPSA) is 72.2 Å². The Morgan fingerprint density at radius 2 is 1.70 bits per heavy atom. The van der Waals surface area contributed by atoms with E-state index >= 15 is 0 Å². The van der Waals surface area contributed by atoms with Gasteiger partial charge in [0, 0.05) is 23.7 Å². The Balaban J connectivity index is 2.24. The van der Waals surface area contributed by atoms with Crippen LogP contribution in [-0.4, -0.2) is 10.8 Å². The lowest BCUT2D eigenvalue weighted by Gasteiger charge is -2.06. The molecule has 1 rings (SSSR count). The van der Waals surface area contributed by atoms with Gasteiger partial charge in [0.05, 0.1) is 4.92 Å². The molecule has 0 radical (unpaired) electrons. The molecule has 0 spiro atoms. The van der Waals surface area contributed by atoms with E-state index in [9.17, 15) is 14.9 Å². The number of hydrogen-bond donors (Lipinski definition) is 1. The lowest BCUT2D eigenvalue weighted by molar-refractivity contribution is -0.385. The summed E-state index contributed by atoms with van der Waals surface area (Å²) in [5, 5.41) is 13.6. The number of hydrogen-bond acceptors (Lipinski definition) is 3. The quantitative estimate of drug-likeness (QED) is 0.338. The summed E-state index contributed by atoms with van der Waals surface area (Å²) < 4.78 is 0. The number of aryl methyl sites for hydroxylation is 1. The van der Waals surface area contributed by atoms with Crippen LogP contribution >= 0.6 is 0 Å². The Labute approximate surface area is 138 Å². The molecule has 1 amide bonds. The molecule has 0 unspecified atom stereocenters. The normalized spacial score (nSPS) is 10.5. The van der Waals surface area contributed by atoms with E-state index in [-0.39, 0.29) is 11.6 Å². The number of carbonyl (C=O) groups excluding carboxylic acids is 1. The van der Waals surface area contributed by atoms with Crippen LogP contribution in [0.2, 0.25) is 0 Å². The molecule has 0 atom stereocenters. The van der Waals surface area contributed by atoms with E-state index in [1.807, 2.05) is 0 Å². The number of carbonyl (C=O) groups is 1. The third-order valence-corrected chi connectivity index (χ3v) is 3.95. The van der Waals surface area contributed by atoms with E-state index in [4.69, 9.17) is 0 Å². The van der Waals surface area contributed by atoms with Crippen LogP contribution in [0, 0.1) is 17.0 Å². The molecule has 0 saturated carbocycles. The highest BCUT2D eigenvalue weighted by atomic mass is 16.6. The number of nitrogens with one attached hydrogen (secondary N) is 1. The van der Waals surface area contributed by atoms with Crippen LogP contribution in [0.25, 0.3) is 0 Å². The van der Waals surface area contributed by atoms with Crippen LogP contribution in [0.5, 0.6) is 0 Å². The summed E-state index contributed by atoms with van der Waals surface area (Å²) >= 11 is 0. The molecule has 23 heavy (non-hydrogen) atoms. The second-order valence-electron chi connectivity index (χ2n) is 6.03. The van der Waals surface area contributed by atoms with Crippen molar-refractivity contribution >= 4 is 17.3 Å². The minimum absolute atomic E-state index is 0.0369. The van der Waals surface area contributed by atoms with Crippen molar-refractivity contribution in [3.05, 3.63) is 33.9 Å². The molecule has 0 aliphatic heterocycles. The highest BCUT2D eigenvalue weighted by Crippen LogP contribution is 2.22. The monoisotopic (exact) mass is 320 g/mol. The lowest BCUT2D eigenvalue weighted by Crippen LogP contribution is -2.11. The second kappa shape index (κ2) is 10.8. The largest absolute Gasteiger partial charge is 0.326 e. The fourth-order valence-corrected chi connectivity index (χ4v) is 2.53. The van der Waals surface area contributed by atoms with Crippen molar-refractivity contribution in [2.75, 3.05) is 5.32 Å². The third-order valence-electron chi connectivity index (χ3n) is 3.95. The van der Waals surface area contributed by atoms with Crippen LogP contribution < -0.4 is 5.32 Å². The molecule has 0 aliphatic carbocycles. The van der Waals surface area contributed by atoms with E-state index in [2.05, 4.69) is 12.2 Å². The van der Waals surface area contributed by atoms with Crippen LogP contribution in [0.4, 0.5) is 11.4 Å². The van der Waals surface area contributed by atoms with Gasteiger partial charge in [0.25, 0.3) is 5.69 Å². The molecule has 5 heteroatoms. The lowest BCUT2D eigenvalue weighted by atomic mass is 10.1. The van der Waals surface area contributed by atoms with Crippen LogP contribution in [0.15, 0.2) is 18.2 Å². The van der Waals surface area contributed by atoms with Crippen molar-refractivity contribution in [1.29, 1.82) is 0 Å². The number of nitro groups is 1. The van der Waals surface area contributed by atoms with Gasteiger partial charge >= 0.3 is 0 Å². The Kier molecular flexibility index (Phi) is 8.95. The third kappa shape index (κ3) is 7.77. The highest BCUT2D eigenvalue weighted by Gasteiger charge is 2.12. The first-order valence-corrected chi connectivity index (χ1v) is 8.59. The van der Waals surface area contributed by atoms with E-state index in [1.165, 1.54) is 44.6 Å². The molecule has 5 nitrogen and oxygen atoms in total. The molecule has 0 saturated heterocycles. The van der Waals surface area contributed by atoms with Crippen LogP contribution in [0.3, 0.4) is 0 Å². The number of rotatable bonds is 11. The molecule has 128 valence electrons. The number of nitro benzene ring substituents is 1. The zero-order valence-electron chi connectivity index (χ0n) is 14.3. The van der Waals surface area contributed by atoms with Gasteiger partial charge in [-0.3, -0.25) is 14.9 Å². The van der Waals surface area contributed by atoms with Crippen molar-refractivity contribution in [2.24, 2.45) is 0 Å². The molecule has 1 aromatic carbocycles. The minimum Gasteiger partial charge on any atom is -0.326 e. The standard InChI is InChI=1S/C18H28N2O3/c1-3-4-5-6-7-8-9-10-11-18(21)19-16-13-12-15(2)17(14-16)20(22)23/h12-14H,3-11H2,1-2H3,(H,19,21). The molecule has 1 N–H and O–H groups in total. The molecule has 1 aromatic rings. The number of anilines is 1. The fraction of sp³-hybridized carbons (Fsp3) is 0.611. The van der Waals surface area contributed by atoms with Crippen molar-refractivity contribution < 1.29 is 9.72 Å². The number of benzene rings is 1. The minimum atomic E-state index is -0.427. The summed E-state index contributed by atoms with van der Waals surface area (Å²) in [4.78, 5) is 22.3. The maximum Gasteiger partial charge on any atom is 0.274 e. The summed E-state index contributed by atoms with van der Waals surface area (Å²) in [6.45, 7) is 3.89. The van der Waals surface area contributed by atoms with Crippen LogP contribution in [-0.2, 0) is 4.79 Å². The van der Waals surface area contributed by atoms with Crippen molar-refractivity contribution in [2.45, 2.75) is 71.6 Å². The van der Waals surface area contributed by atoms with Gasteiger partial charge in [0.15, 0.2) is 0 Å². The summed E-state index contributed by atoms with van der Waals surface area (Å²) in [5.41, 5.74) is 1.12. The summed E-state index contributed by atoms with van der Waals surface area (Å²) in [5.74, 6) is -0.0749. The van der Waals surface area contributed by atoms with Gasteiger partial charge in [-0.15, -0.1) is 0 Å². The predicted molar refractivity (Wildman–Crippen MR) is 93.7 cm³/mol.